The monoisotopic (exact) mass is 441 g/mol. The molecule has 5 heteroatoms. The molecule has 1 N–H and O–H groups in total. The maximum atomic E-state index is 11.8. The second kappa shape index (κ2) is 11.7. The molecule has 0 aliphatic heterocycles. The smallest absolute Gasteiger partial charge is 0.156 e. The highest BCUT2D eigenvalue weighted by molar-refractivity contribution is 5.85. The second-order valence-electron chi connectivity index (χ2n) is 7.81. The number of methoxy groups -OCH3 is 1. The number of ether oxygens (including phenoxy) is 1. The fraction of sp³-hybridized carbons (Fsp3) is 0.214. The first-order valence-corrected chi connectivity index (χ1v) is 11.0. The highest BCUT2D eigenvalue weighted by Crippen LogP contribution is 2.23. The van der Waals surface area contributed by atoms with Crippen molar-refractivity contribution < 1.29 is 9.53 Å². The molecule has 0 aliphatic carbocycles. The highest BCUT2D eigenvalue weighted by Gasteiger charge is 2.16. The molecule has 4 rings (SSSR count). The van der Waals surface area contributed by atoms with Crippen molar-refractivity contribution in [3.05, 3.63) is 103 Å². The van der Waals surface area contributed by atoms with Crippen molar-refractivity contribution in [2.45, 2.75) is 33.4 Å². The summed E-state index contributed by atoms with van der Waals surface area (Å²) >= 11 is 0. The van der Waals surface area contributed by atoms with E-state index in [9.17, 15) is 4.79 Å². The molecule has 5 nitrogen and oxygen atoms in total. The quantitative estimate of drug-likeness (QED) is 0.365. The van der Waals surface area contributed by atoms with Crippen LogP contribution in [0.15, 0.2) is 91.5 Å². The Hall–Kier alpha value is -3.86. The maximum Gasteiger partial charge on any atom is 0.156 e. The van der Waals surface area contributed by atoms with Gasteiger partial charge >= 0.3 is 0 Å². The number of hydrogen-bond donors (Lipinski definition) is 1. The number of carbonyl (C=O) groups is 1. The average molecular weight is 442 g/mol. The number of rotatable bonds is 7. The van der Waals surface area contributed by atoms with Gasteiger partial charge in [-0.1, -0.05) is 60.2 Å². The zero-order valence-electron chi connectivity index (χ0n) is 19.7. The van der Waals surface area contributed by atoms with Crippen LogP contribution in [0, 0.1) is 6.92 Å². The number of hydrogen-bond acceptors (Lipinski definition) is 4. The molecule has 2 aromatic carbocycles. The lowest BCUT2D eigenvalue weighted by Gasteiger charge is -2.17. The Labute approximate surface area is 196 Å². The van der Waals surface area contributed by atoms with Crippen molar-refractivity contribution >= 4 is 11.5 Å². The van der Waals surface area contributed by atoms with E-state index < -0.39 is 0 Å². The van der Waals surface area contributed by atoms with Crippen LogP contribution in [0.1, 0.15) is 31.0 Å². The molecule has 170 valence electrons. The van der Waals surface area contributed by atoms with Crippen LogP contribution >= 0.6 is 0 Å². The first-order valence-electron chi connectivity index (χ1n) is 11.0. The van der Waals surface area contributed by atoms with E-state index in [-0.39, 0.29) is 11.8 Å². The fourth-order valence-electron chi connectivity index (χ4n) is 3.40. The third-order valence-electron chi connectivity index (χ3n) is 5.30. The molecule has 33 heavy (non-hydrogen) atoms. The number of aryl methyl sites for hydroxylation is 2. The largest absolute Gasteiger partial charge is 0.495 e. The summed E-state index contributed by atoms with van der Waals surface area (Å²) in [5.41, 5.74) is 5.58. The summed E-state index contributed by atoms with van der Waals surface area (Å²) in [5, 5.41) is 3.18. The van der Waals surface area contributed by atoms with Crippen molar-refractivity contribution in [1.29, 1.82) is 0 Å². The molecule has 2 heterocycles. The number of anilines is 1. The van der Waals surface area contributed by atoms with Crippen molar-refractivity contribution in [1.82, 2.24) is 9.55 Å². The third-order valence-corrected chi connectivity index (χ3v) is 5.30. The van der Waals surface area contributed by atoms with Crippen LogP contribution in [0.3, 0.4) is 0 Å². The van der Waals surface area contributed by atoms with Crippen LogP contribution in [0.2, 0.25) is 0 Å². The average Bonchev–Trinajstić information content (AvgIpc) is 3.33. The van der Waals surface area contributed by atoms with E-state index in [2.05, 4.69) is 71.4 Å². The summed E-state index contributed by atoms with van der Waals surface area (Å²) in [5.74, 6) is 0.703. The Morgan fingerprint density at radius 2 is 1.76 bits per heavy atom. The number of benzene rings is 2. The van der Waals surface area contributed by atoms with E-state index in [4.69, 9.17) is 4.74 Å². The first-order chi connectivity index (χ1) is 16.0. The summed E-state index contributed by atoms with van der Waals surface area (Å²) < 4.78 is 7.30. The minimum atomic E-state index is -0.380. The van der Waals surface area contributed by atoms with Crippen LogP contribution in [0.25, 0.3) is 11.1 Å². The maximum absolute atomic E-state index is 11.8. The van der Waals surface area contributed by atoms with Crippen molar-refractivity contribution in [2.75, 3.05) is 12.4 Å². The Balaban J connectivity index is 0.000000194. The van der Waals surface area contributed by atoms with Crippen LogP contribution in [0.4, 0.5) is 5.69 Å². The molecule has 0 spiro atoms. The van der Waals surface area contributed by atoms with Gasteiger partial charge in [-0.3, -0.25) is 9.78 Å². The summed E-state index contributed by atoms with van der Waals surface area (Å²) in [6.45, 7) is 6.87. The third kappa shape index (κ3) is 6.81. The number of Topliss-reactive ketones (excluding diaryl/α,β-unsaturated/α-hetero) is 1. The van der Waals surface area contributed by atoms with Crippen LogP contribution < -0.4 is 10.1 Å². The van der Waals surface area contributed by atoms with Crippen LogP contribution in [-0.4, -0.2) is 22.4 Å². The van der Waals surface area contributed by atoms with Crippen molar-refractivity contribution in [2.24, 2.45) is 0 Å². The molecular formula is C28H31N3O2. The van der Waals surface area contributed by atoms with E-state index in [0.29, 0.717) is 5.75 Å². The van der Waals surface area contributed by atoms with Gasteiger partial charge in [0.05, 0.1) is 25.2 Å². The molecule has 0 fully saturated rings. The topological polar surface area (TPSA) is 56.1 Å². The summed E-state index contributed by atoms with van der Waals surface area (Å²) in [6, 6.07) is 21.8. The van der Waals surface area contributed by atoms with E-state index in [1.165, 1.54) is 16.7 Å². The standard InChI is InChI=1S/C15H16N2O2.C13H15N/c1-11(18)15(12-6-4-3-5-7-12)17-13-8-14(19-2)10-16-9-13;1-3-14-9-8-13(10-14)12-6-4-11(2)5-7-12/h3-10,15,17H,1-2H3;4-10H,3H2,1-2H3. The molecule has 1 atom stereocenters. The Morgan fingerprint density at radius 1 is 1.03 bits per heavy atom. The predicted octanol–water partition coefficient (Wildman–Crippen LogP) is 6.32. The van der Waals surface area contributed by atoms with Gasteiger partial charge in [-0.05, 0) is 43.5 Å². The summed E-state index contributed by atoms with van der Waals surface area (Å²) in [6.07, 6.45) is 7.59. The van der Waals surface area contributed by atoms with E-state index in [1.54, 1.807) is 26.4 Å². The molecule has 4 aromatic rings. The normalized spacial score (nSPS) is 11.2. The Bertz CT molecular complexity index is 1150. The van der Waals surface area contributed by atoms with E-state index >= 15 is 0 Å². The van der Waals surface area contributed by atoms with Gasteiger partial charge in [-0.25, -0.2) is 0 Å². The summed E-state index contributed by atoms with van der Waals surface area (Å²) in [4.78, 5) is 15.9. The van der Waals surface area contributed by atoms with Crippen LogP contribution in [-0.2, 0) is 11.3 Å². The molecule has 2 aromatic heterocycles. The minimum absolute atomic E-state index is 0.0500. The van der Waals surface area contributed by atoms with Gasteiger partial charge in [0, 0.05) is 25.0 Å². The lowest BCUT2D eigenvalue weighted by Crippen LogP contribution is -2.18. The van der Waals surface area contributed by atoms with Gasteiger partial charge < -0.3 is 14.6 Å². The molecule has 0 saturated heterocycles. The zero-order chi connectivity index (χ0) is 23.6. The number of pyridine rings is 1. The molecule has 0 radical (unpaired) electrons. The van der Waals surface area contributed by atoms with Gasteiger partial charge in [0.2, 0.25) is 0 Å². The minimum Gasteiger partial charge on any atom is -0.495 e. The van der Waals surface area contributed by atoms with Gasteiger partial charge in [-0.15, -0.1) is 0 Å². The first kappa shape index (κ1) is 23.8. The SMILES string of the molecule is CCn1ccc(-c2ccc(C)cc2)c1.COc1cncc(NC(C(C)=O)c2ccccc2)c1. The molecule has 0 bridgehead atoms. The zero-order valence-corrected chi connectivity index (χ0v) is 19.7. The second-order valence-corrected chi connectivity index (χ2v) is 7.81. The summed E-state index contributed by atoms with van der Waals surface area (Å²) in [7, 11) is 1.58. The molecule has 0 saturated carbocycles. The molecular weight excluding hydrogens is 410 g/mol. The molecule has 1 unspecified atom stereocenters. The van der Waals surface area contributed by atoms with Crippen molar-refractivity contribution in [3.63, 3.8) is 0 Å². The number of carbonyl (C=O) groups excluding carboxylic acids is 1. The molecule has 0 aliphatic rings. The van der Waals surface area contributed by atoms with Gasteiger partial charge in [0.25, 0.3) is 0 Å². The number of nitrogens with one attached hydrogen (secondary N) is 1. The van der Waals surface area contributed by atoms with Gasteiger partial charge in [-0.2, -0.15) is 0 Å². The lowest BCUT2D eigenvalue weighted by molar-refractivity contribution is -0.117. The van der Waals surface area contributed by atoms with E-state index in [0.717, 1.165) is 17.8 Å². The van der Waals surface area contributed by atoms with Crippen molar-refractivity contribution in [3.8, 4) is 16.9 Å². The van der Waals surface area contributed by atoms with Crippen LogP contribution in [0.5, 0.6) is 5.75 Å². The van der Waals surface area contributed by atoms with E-state index in [1.807, 2.05) is 36.4 Å². The lowest BCUT2D eigenvalue weighted by atomic mass is 10.0. The highest BCUT2D eigenvalue weighted by atomic mass is 16.5. The Morgan fingerprint density at radius 3 is 2.36 bits per heavy atom. The van der Waals surface area contributed by atoms with Gasteiger partial charge in [0.15, 0.2) is 5.78 Å². The predicted molar refractivity (Wildman–Crippen MR) is 135 cm³/mol. The fourth-order valence-corrected chi connectivity index (χ4v) is 3.40. The molecule has 0 amide bonds. The number of nitrogens with zero attached hydrogens (tertiary/aromatic N) is 2. The number of ketones is 1. The van der Waals surface area contributed by atoms with Gasteiger partial charge in [0.1, 0.15) is 11.8 Å². The Kier molecular flexibility index (Phi) is 8.42. The number of aromatic nitrogens is 2.